The molecule has 1 heterocycles. The molecule has 3 aromatic rings. The van der Waals surface area contributed by atoms with Crippen molar-refractivity contribution in [2.45, 2.75) is 11.1 Å². The summed E-state index contributed by atoms with van der Waals surface area (Å²) < 4.78 is 45.8. The smallest absolute Gasteiger partial charge is 0.391 e. The third-order valence-electron chi connectivity index (χ3n) is 4.05. The maximum Gasteiger partial charge on any atom is 0.391 e. The number of amides is 1. The van der Waals surface area contributed by atoms with Gasteiger partial charge in [-0.1, -0.05) is 23.2 Å². The Hall–Kier alpha value is -1.17. The number of rotatable bonds is 8. The van der Waals surface area contributed by atoms with Crippen LogP contribution in [0.25, 0.3) is 10.1 Å². The highest BCUT2D eigenvalue weighted by Gasteiger charge is 2.27. The Bertz CT molecular complexity index is 1310. The molecule has 0 fully saturated rings. The molecule has 172 valence electrons. The normalized spacial score (nSPS) is 13.7. The minimum atomic E-state index is -4.45. The van der Waals surface area contributed by atoms with Gasteiger partial charge in [0.15, 0.2) is 0 Å². The van der Waals surface area contributed by atoms with Crippen molar-refractivity contribution >= 4 is 84.1 Å². The minimum Gasteiger partial charge on any atom is -0.424 e. The fourth-order valence-electron chi connectivity index (χ4n) is 2.59. The molecule has 1 amide bonds. The summed E-state index contributed by atoms with van der Waals surface area (Å²) in [6.45, 7) is 2.14. The van der Waals surface area contributed by atoms with E-state index in [1.54, 1.807) is 19.1 Å². The van der Waals surface area contributed by atoms with Gasteiger partial charge in [0.2, 0.25) is 0 Å². The Labute approximate surface area is 206 Å². The number of fused-ring (bicyclic) bond motifs is 1. The molecular weight excluding hydrogens is 586 g/mol. The standard InChI is InChI=1S/C18H16BrCl2N2O6PS2/c1-2-22-18(24)11-7-10(3-4-13(11)19)29-30(25,26)9-23-32(27,28)16-8-12-14(20)5-6-15(21)17(12)31-16/h3-8,23H,2,9H2,1H3,(H,22,24)(H,25,26). The second-order valence-electron chi connectivity index (χ2n) is 6.37. The van der Waals surface area contributed by atoms with E-state index in [4.69, 9.17) is 27.7 Å². The summed E-state index contributed by atoms with van der Waals surface area (Å²) in [5, 5.41) is 3.74. The second-order valence-corrected chi connectivity index (χ2v) is 12.9. The lowest BCUT2D eigenvalue weighted by molar-refractivity contribution is 0.0954. The first-order valence-electron chi connectivity index (χ1n) is 8.90. The summed E-state index contributed by atoms with van der Waals surface area (Å²) in [6.07, 6.45) is -0.891. The van der Waals surface area contributed by atoms with Crippen LogP contribution < -0.4 is 14.6 Å². The summed E-state index contributed by atoms with van der Waals surface area (Å²) in [5.74, 6) is -0.472. The van der Waals surface area contributed by atoms with E-state index in [1.165, 1.54) is 24.3 Å². The zero-order valence-electron chi connectivity index (χ0n) is 16.3. The summed E-state index contributed by atoms with van der Waals surface area (Å²) in [6, 6.07) is 8.58. The molecule has 1 unspecified atom stereocenters. The van der Waals surface area contributed by atoms with Crippen LogP contribution in [0, 0.1) is 0 Å². The average Bonchev–Trinajstić information content (AvgIpc) is 3.19. The lowest BCUT2D eigenvalue weighted by Crippen LogP contribution is -2.25. The molecule has 0 saturated carbocycles. The van der Waals surface area contributed by atoms with Crippen molar-refractivity contribution < 1.29 is 27.2 Å². The van der Waals surface area contributed by atoms with Crippen molar-refractivity contribution in [3.8, 4) is 5.75 Å². The Morgan fingerprint density at radius 2 is 1.91 bits per heavy atom. The molecular formula is C18H16BrCl2N2O6PS2. The van der Waals surface area contributed by atoms with Crippen molar-refractivity contribution in [3.63, 3.8) is 0 Å². The maximum atomic E-state index is 12.6. The van der Waals surface area contributed by atoms with Crippen LogP contribution >= 0.6 is 58.1 Å². The summed E-state index contributed by atoms with van der Waals surface area (Å²) >= 11 is 16.3. The van der Waals surface area contributed by atoms with Gasteiger partial charge in [-0.3, -0.25) is 4.79 Å². The molecule has 0 aliphatic heterocycles. The van der Waals surface area contributed by atoms with Crippen LogP contribution in [0.1, 0.15) is 17.3 Å². The number of carbonyl (C=O) groups is 1. The topological polar surface area (TPSA) is 122 Å². The molecule has 0 aliphatic rings. The van der Waals surface area contributed by atoms with Crippen molar-refractivity contribution in [1.29, 1.82) is 0 Å². The Morgan fingerprint density at radius 3 is 2.56 bits per heavy atom. The van der Waals surface area contributed by atoms with Gasteiger partial charge < -0.3 is 14.7 Å². The zero-order chi connectivity index (χ0) is 23.7. The Morgan fingerprint density at radius 1 is 1.22 bits per heavy atom. The lowest BCUT2D eigenvalue weighted by Gasteiger charge is -2.15. The van der Waals surface area contributed by atoms with Crippen LogP contribution in [-0.2, 0) is 14.6 Å². The molecule has 0 bridgehead atoms. The number of benzene rings is 2. The van der Waals surface area contributed by atoms with Crippen LogP contribution in [0.5, 0.6) is 5.75 Å². The van der Waals surface area contributed by atoms with Gasteiger partial charge in [-0.25, -0.2) is 13.0 Å². The highest BCUT2D eigenvalue weighted by Crippen LogP contribution is 2.43. The van der Waals surface area contributed by atoms with Crippen LogP contribution in [0.3, 0.4) is 0 Å². The van der Waals surface area contributed by atoms with Gasteiger partial charge in [-0.15, -0.1) is 11.3 Å². The van der Waals surface area contributed by atoms with Gasteiger partial charge in [-0.05, 0) is 59.3 Å². The quantitative estimate of drug-likeness (QED) is 0.304. The van der Waals surface area contributed by atoms with Crippen molar-refractivity contribution in [1.82, 2.24) is 10.0 Å². The molecule has 0 aliphatic carbocycles. The molecule has 2 aromatic carbocycles. The summed E-state index contributed by atoms with van der Waals surface area (Å²) in [4.78, 5) is 22.2. The lowest BCUT2D eigenvalue weighted by atomic mass is 10.2. The van der Waals surface area contributed by atoms with E-state index in [9.17, 15) is 22.7 Å². The number of thiophene rings is 1. The fourth-order valence-corrected chi connectivity index (χ4v) is 7.51. The van der Waals surface area contributed by atoms with Crippen molar-refractivity contribution in [3.05, 3.63) is 56.5 Å². The summed E-state index contributed by atoms with van der Waals surface area (Å²) in [5.41, 5.74) is 0.198. The van der Waals surface area contributed by atoms with E-state index in [-0.39, 0.29) is 15.5 Å². The van der Waals surface area contributed by atoms with Gasteiger partial charge in [0.25, 0.3) is 15.9 Å². The predicted octanol–water partition coefficient (Wildman–Crippen LogP) is 5.22. The van der Waals surface area contributed by atoms with Crippen LogP contribution in [0.2, 0.25) is 10.0 Å². The van der Waals surface area contributed by atoms with Crippen LogP contribution in [-0.4, -0.2) is 32.0 Å². The van der Waals surface area contributed by atoms with Crippen LogP contribution in [0.15, 0.2) is 45.1 Å². The Kier molecular flexibility index (Phi) is 7.94. The highest BCUT2D eigenvalue weighted by molar-refractivity contribution is 9.10. The number of nitrogens with one attached hydrogen (secondary N) is 2. The van der Waals surface area contributed by atoms with E-state index < -0.39 is 29.8 Å². The van der Waals surface area contributed by atoms with Gasteiger partial charge >= 0.3 is 7.60 Å². The minimum absolute atomic E-state index is 0.0695. The highest BCUT2D eigenvalue weighted by atomic mass is 79.9. The molecule has 0 spiro atoms. The van der Waals surface area contributed by atoms with Gasteiger partial charge in [0.05, 0.1) is 15.3 Å². The van der Waals surface area contributed by atoms with E-state index in [0.29, 0.717) is 31.1 Å². The first-order chi connectivity index (χ1) is 14.9. The molecule has 8 nitrogen and oxygen atoms in total. The van der Waals surface area contributed by atoms with Crippen molar-refractivity contribution in [2.75, 3.05) is 12.8 Å². The van der Waals surface area contributed by atoms with E-state index in [1.807, 2.05) is 0 Å². The first-order valence-corrected chi connectivity index (χ1v) is 14.5. The molecule has 3 rings (SSSR count). The van der Waals surface area contributed by atoms with E-state index in [0.717, 1.165) is 11.3 Å². The molecule has 14 heteroatoms. The van der Waals surface area contributed by atoms with E-state index in [2.05, 4.69) is 26.0 Å². The SMILES string of the molecule is CCNC(=O)c1cc(OP(=O)(O)CNS(=O)(=O)c2cc3c(Cl)ccc(Cl)c3s2)ccc1Br. The zero-order valence-corrected chi connectivity index (χ0v) is 21.9. The maximum absolute atomic E-state index is 12.6. The largest absolute Gasteiger partial charge is 0.424 e. The number of sulfonamides is 1. The third kappa shape index (κ3) is 5.84. The predicted molar refractivity (Wildman–Crippen MR) is 130 cm³/mol. The first kappa shape index (κ1) is 25.5. The molecule has 3 N–H and O–H groups in total. The molecule has 32 heavy (non-hydrogen) atoms. The van der Waals surface area contributed by atoms with Gasteiger partial charge in [0.1, 0.15) is 16.2 Å². The summed E-state index contributed by atoms with van der Waals surface area (Å²) in [7, 11) is -8.60. The molecule has 0 saturated heterocycles. The second kappa shape index (κ2) is 9.99. The number of hydrogen-bond donors (Lipinski definition) is 3. The van der Waals surface area contributed by atoms with Crippen LogP contribution in [0.4, 0.5) is 0 Å². The van der Waals surface area contributed by atoms with Crippen molar-refractivity contribution in [2.24, 2.45) is 0 Å². The fraction of sp³-hybridized carbons (Fsp3) is 0.167. The van der Waals surface area contributed by atoms with Gasteiger partial charge in [-0.2, -0.15) is 4.72 Å². The monoisotopic (exact) mass is 600 g/mol. The number of carbonyl (C=O) groups excluding carboxylic acids is 1. The molecule has 0 radical (unpaired) electrons. The molecule has 1 atom stereocenters. The molecule has 1 aromatic heterocycles. The average molecular weight is 602 g/mol. The van der Waals surface area contributed by atoms with E-state index >= 15 is 0 Å². The number of halogens is 3. The Balaban J connectivity index is 1.77. The number of hydrogen-bond acceptors (Lipinski definition) is 6. The third-order valence-corrected chi connectivity index (χ3v) is 9.81. The van der Waals surface area contributed by atoms with Gasteiger partial charge in [0, 0.05) is 21.4 Å².